The molecule has 1 saturated heterocycles. The third kappa shape index (κ3) is 3.95. The van der Waals surface area contributed by atoms with E-state index in [4.69, 9.17) is 0 Å². The Morgan fingerprint density at radius 3 is 1.86 bits per heavy atom. The van der Waals surface area contributed by atoms with Crippen molar-refractivity contribution >= 4 is 17.7 Å². The highest BCUT2D eigenvalue weighted by Gasteiger charge is 2.43. The normalized spacial score (nSPS) is 18.2. The molecule has 1 atom stereocenters. The van der Waals surface area contributed by atoms with Crippen molar-refractivity contribution in [1.82, 2.24) is 9.80 Å². The van der Waals surface area contributed by atoms with Crippen LogP contribution in [0.3, 0.4) is 0 Å². The van der Waals surface area contributed by atoms with Gasteiger partial charge in [0.25, 0.3) is 11.8 Å². The minimum absolute atomic E-state index is 0.120. The van der Waals surface area contributed by atoms with Crippen molar-refractivity contribution in [1.29, 1.82) is 0 Å². The molecular formula is C24H26N2O3. The van der Waals surface area contributed by atoms with E-state index in [9.17, 15) is 14.4 Å². The predicted octanol–water partition coefficient (Wildman–Crippen LogP) is 3.69. The maximum absolute atomic E-state index is 13.6. The number of carbonyl (C=O) groups is 3. The molecule has 5 nitrogen and oxygen atoms in total. The van der Waals surface area contributed by atoms with E-state index in [-0.39, 0.29) is 17.7 Å². The molecule has 2 heterocycles. The molecule has 0 aliphatic carbocycles. The van der Waals surface area contributed by atoms with Gasteiger partial charge in [0, 0.05) is 19.5 Å². The van der Waals surface area contributed by atoms with Crippen LogP contribution in [0.25, 0.3) is 0 Å². The first kappa shape index (κ1) is 19.4. The van der Waals surface area contributed by atoms with Crippen LogP contribution in [0.5, 0.6) is 0 Å². The smallest absolute Gasteiger partial charge is 0.262 e. The van der Waals surface area contributed by atoms with Crippen LogP contribution >= 0.6 is 0 Å². The van der Waals surface area contributed by atoms with E-state index >= 15 is 0 Å². The van der Waals surface area contributed by atoms with Gasteiger partial charge in [-0.15, -0.1) is 0 Å². The lowest BCUT2D eigenvalue weighted by Gasteiger charge is -2.32. The minimum Gasteiger partial charge on any atom is -0.341 e. The summed E-state index contributed by atoms with van der Waals surface area (Å²) in [4.78, 5) is 42.8. The molecule has 5 heteroatoms. The Hall–Kier alpha value is -2.95. The molecule has 2 aromatic carbocycles. The predicted molar refractivity (Wildman–Crippen MR) is 111 cm³/mol. The Labute approximate surface area is 171 Å². The molecule has 0 aromatic heterocycles. The number of carbonyl (C=O) groups excluding carboxylic acids is 3. The number of hydrogen-bond donors (Lipinski definition) is 0. The van der Waals surface area contributed by atoms with Gasteiger partial charge in [-0.3, -0.25) is 19.3 Å². The van der Waals surface area contributed by atoms with Crippen molar-refractivity contribution in [3.63, 3.8) is 0 Å². The third-order valence-corrected chi connectivity index (χ3v) is 5.86. The van der Waals surface area contributed by atoms with Gasteiger partial charge in [0.15, 0.2) is 0 Å². The molecule has 1 fully saturated rings. The van der Waals surface area contributed by atoms with Gasteiger partial charge in [0.05, 0.1) is 11.1 Å². The second kappa shape index (κ2) is 8.60. The highest BCUT2D eigenvalue weighted by molar-refractivity contribution is 6.22. The summed E-state index contributed by atoms with van der Waals surface area (Å²) in [6.45, 7) is 1.38. The first-order valence-corrected chi connectivity index (χ1v) is 10.5. The highest BCUT2D eigenvalue weighted by atomic mass is 16.2. The maximum atomic E-state index is 13.6. The Morgan fingerprint density at radius 2 is 1.28 bits per heavy atom. The number of nitrogens with zero attached hydrogens (tertiary/aromatic N) is 2. The quantitative estimate of drug-likeness (QED) is 0.748. The minimum atomic E-state index is -0.816. The van der Waals surface area contributed by atoms with Gasteiger partial charge in [-0.25, -0.2) is 0 Å². The van der Waals surface area contributed by atoms with E-state index in [1.165, 1.54) is 11.3 Å². The monoisotopic (exact) mass is 390 g/mol. The van der Waals surface area contributed by atoms with Gasteiger partial charge in [-0.2, -0.15) is 0 Å². The van der Waals surface area contributed by atoms with Gasteiger partial charge in [-0.05, 0) is 30.5 Å². The van der Waals surface area contributed by atoms with Crippen LogP contribution in [-0.2, 0) is 11.2 Å². The Morgan fingerprint density at radius 1 is 0.759 bits per heavy atom. The van der Waals surface area contributed by atoms with E-state index in [0.717, 1.165) is 31.2 Å². The summed E-state index contributed by atoms with van der Waals surface area (Å²) in [5, 5.41) is 0. The number of fused-ring (bicyclic) bond motifs is 1. The Bertz CT molecular complexity index is 866. The van der Waals surface area contributed by atoms with Crippen LogP contribution < -0.4 is 0 Å². The van der Waals surface area contributed by atoms with Gasteiger partial charge in [0.2, 0.25) is 5.91 Å². The molecule has 29 heavy (non-hydrogen) atoms. The highest BCUT2D eigenvalue weighted by Crippen LogP contribution is 2.27. The zero-order chi connectivity index (χ0) is 20.2. The van der Waals surface area contributed by atoms with E-state index in [2.05, 4.69) is 0 Å². The number of amides is 3. The molecule has 150 valence electrons. The summed E-state index contributed by atoms with van der Waals surface area (Å²) in [7, 11) is 0. The zero-order valence-electron chi connectivity index (χ0n) is 16.5. The van der Waals surface area contributed by atoms with Crippen LogP contribution in [-0.4, -0.2) is 46.7 Å². The lowest BCUT2D eigenvalue weighted by Crippen LogP contribution is -2.52. The molecule has 2 aliphatic rings. The molecule has 0 N–H and O–H groups in total. The average molecular weight is 390 g/mol. The first-order valence-electron chi connectivity index (χ1n) is 10.5. The summed E-state index contributed by atoms with van der Waals surface area (Å²) in [5.41, 5.74) is 1.71. The first-order chi connectivity index (χ1) is 14.2. The molecular weight excluding hydrogens is 364 g/mol. The molecule has 0 bridgehead atoms. The standard InChI is InChI=1S/C24H26N2O3/c27-22-19-13-7-8-14-20(19)23(28)26(22)21(17-18-11-5-4-6-12-18)24(29)25-15-9-2-1-3-10-16-25/h4-8,11-14,21H,1-3,9-10,15-17H2. The average Bonchev–Trinajstić information content (AvgIpc) is 2.97. The Balaban J connectivity index is 1.66. The second-order valence-electron chi connectivity index (χ2n) is 7.82. The van der Waals surface area contributed by atoms with Crippen molar-refractivity contribution < 1.29 is 14.4 Å². The van der Waals surface area contributed by atoms with Gasteiger partial charge < -0.3 is 4.90 Å². The molecule has 0 spiro atoms. The lowest BCUT2D eigenvalue weighted by atomic mass is 10.0. The van der Waals surface area contributed by atoms with Gasteiger partial charge in [-0.1, -0.05) is 61.7 Å². The number of likely N-dealkylation sites (tertiary alicyclic amines) is 1. The molecule has 1 unspecified atom stereocenters. The summed E-state index contributed by atoms with van der Waals surface area (Å²) < 4.78 is 0. The van der Waals surface area contributed by atoms with Crippen LogP contribution in [0, 0.1) is 0 Å². The van der Waals surface area contributed by atoms with Gasteiger partial charge in [0.1, 0.15) is 6.04 Å². The maximum Gasteiger partial charge on any atom is 0.262 e. The fraction of sp³-hybridized carbons (Fsp3) is 0.375. The molecule has 2 aliphatic heterocycles. The van der Waals surface area contributed by atoms with Crippen LogP contribution in [0.4, 0.5) is 0 Å². The van der Waals surface area contributed by atoms with E-state index in [0.29, 0.717) is 30.6 Å². The zero-order valence-corrected chi connectivity index (χ0v) is 16.5. The van der Waals surface area contributed by atoms with Crippen molar-refractivity contribution in [3.8, 4) is 0 Å². The van der Waals surface area contributed by atoms with E-state index in [1.54, 1.807) is 24.3 Å². The summed E-state index contributed by atoms with van der Waals surface area (Å²) in [5.74, 6) is -0.857. The molecule has 0 radical (unpaired) electrons. The van der Waals surface area contributed by atoms with Crippen LogP contribution in [0.15, 0.2) is 54.6 Å². The van der Waals surface area contributed by atoms with Crippen LogP contribution in [0.2, 0.25) is 0 Å². The van der Waals surface area contributed by atoms with E-state index < -0.39 is 6.04 Å². The number of hydrogen-bond acceptors (Lipinski definition) is 3. The van der Waals surface area contributed by atoms with Gasteiger partial charge >= 0.3 is 0 Å². The topological polar surface area (TPSA) is 57.7 Å². The fourth-order valence-electron chi connectivity index (χ4n) is 4.30. The largest absolute Gasteiger partial charge is 0.341 e. The van der Waals surface area contributed by atoms with Crippen LogP contribution in [0.1, 0.15) is 58.4 Å². The molecule has 0 saturated carbocycles. The van der Waals surface area contributed by atoms with Crippen molar-refractivity contribution in [2.24, 2.45) is 0 Å². The number of rotatable bonds is 4. The lowest BCUT2D eigenvalue weighted by molar-refractivity contribution is -0.135. The third-order valence-electron chi connectivity index (χ3n) is 5.86. The molecule has 4 rings (SSSR count). The summed E-state index contributed by atoms with van der Waals surface area (Å²) in [6, 6.07) is 15.6. The summed E-state index contributed by atoms with van der Waals surface area (Å²) >= 11 is 0. The Kier molecular flexibility index (Phi) is 5.74. The number of imide groups is 1. The number of benzene rings is 2. The van der Waals surface area contributed by atoms with Crippen molar-refractivity contribution in [3.05, 3.63) is 71.3 Å². The summed E-state index contributed by atoms with van der Waals surface area (Å²) in [6.07, 6.45) is 5.69. The van der Waals surface area contributed by atoms with Crippen molar-refractivity contribution in [2.75, 3.05) is 13.1 Å². The molecule has 3 amide bonds. The second-order valence-corrected chi connectivity index (χ2v) is 7.82. The van der Waals surface area contributed by atoms with E-state index in [1.807, 2.05) is 35.2 Å². The molecule has 2 aromatic rings. The fourth-order valence-corrected chi connectivity index (χ4v) is 4.30. The van der Waals surface area contributed by atoms with Crippen molar-refractivity contribution in [2.45, 2.75) is 44.6 Å². The SMILES string of the molecule is O=C(C(Cc1ccccc1)N1C(=O)c2ccccc2C1=O)N1CCCCCCC1.